The van der Waals surface area contributed by atoms with Crippen LogP contribution >= 0.6 is 45.3 Å². The number of oxime groups is 1. The molecule has 4 rings (SSSR count). The van der Waals surface area contributed by atoms with Crippen molar-refractivity contribution >= 4 is 75.4 Å². The summed E-state index contributed by atoms with van der Waals surface area (Å²) < 4.78 is 5.43. The van der Waals surface area contributed by atoms with Crippen molar-refractivity contribution in [3.63, 3.8) is 0 Å². The highest BCUT2D eigenvalue weighted by Gasteiger charge is 2.23. The first-order chi connectivity index (χ1) is 22.9. The number of ether oxygens (including phenoxy) is 1. The summed E-state index contributed by atoms with van der Waals surface area (Å²) in [5.74, 6) is -0.990. The fourth-order valence-corrected chi connectivity index (χ4v) is 9.80. The maximum Gasteiger partial charge on any atom is 0.262 e. The summed E-state index contributed by atoms with van der Waals surface area (Å²) >= 11 is 6.82. The van der Waals surface area contributed by atoms with Gasteiger partial charge in [-0.25, -0.2) is 0 Å². The number of aliphatic imine (C=N–C) groups is 1. The number of amides is 2. The van der Waals surface area contributed by atoms with Crippen LogP contribution < -0.4 is 26.8 Å². The van der Waals surface area contributed by atoms with Gasteiger partial charge in [-0.3, -0.25) is 14.6 Å². The SMILES string of the molecule is COc1ccc(-c2sc(-c3sc(-c4sc(/C=C(\C#N)C(=O)NC/C=N/OCC(=O)NCCN=C(N)N)cc4C)c(C)c3C)c(C)c2C)s1. The Balaban J connectivity index is 1.43. The monoisotopic (exact) mass is 723 g/mol. The Labute approximate surface area is 295 Å². The van der Waals surface area contributed by atoms with E-state index in [0.717, 1.165) is 20.4 Å². The molecular weight excluding hydrogens is 687 g/mol. The van der Waals surface area contributed by atoms with E-state index in [2.05, 4.69) is 54.5 Å². The molecule has 252 valence electrons. The first-order valence-electron chi connectivity index (χ1n) is 14.8. The zero-order valence-corrected chi connectivity index (χ0v) is 30.7. The smallest absolute Gasteiger partial charge is 0.262 e. The minimum Gasteiger partial charge on any atom is -0.487 e. The third kappa shape index (κ3) is 8.70. The van der Waals surface area contributed by atoms with E-state index in [9.17, 15) is 14.9 Å². The quantitative estimate of drug-likeness (QED) is 0.0313. The van der Waals surface area contributed by atoms with Gasteiger partial charge in [0.05, 0.1) is 26.4 Å². The maximum absolute atomic E-state index is 12.7. The number of hydrogen-bond donors (Lipinski definition) is 4. The molecule has 0 radical (unpaired) electrons. The number of nitrogens with one attached hydrogen (secondary N) is 2. The van der Waals surface area contributed by atoms with Gasteiger partial charge in [0.2, 0.25) is 0 Å². The minimum atomic E-state index is -0.540. The highest BCUT2D eigenvalue weighted by atomic mass is 32.1. The number of rotatable bonds is 14. The first-order valence-corrected chi connectivity index (χ1v) is 18.0. The van der Waals surface area contributed by atoms with Crippen LogP contribution in [0.3, 0.4) is 0 Å². The van der Waals surface area contributed by atoms with Crippen molar-refractivity contribution in [1.29, 1.82) is 5.26 Å². The normalized spacial score (nSPS) is 11.4. The molecule has 0 aliphatic rings. The van der Waals surface area contributed by atoms with Crippen molar-refractivity contribution in [2.75, 3.05) is 33.4 Å². The Hall–Kier alpha value is -4.49. The van der Waals surface area contributed by atoms with Crippen molar-refractivity contribution in [1.82, 2.24) is 10.6 Å². The summed E-state index contributed by atoms with van der Waals surface area (Å²) in [6.07, 6.45) is 2.89. The molecule has 2 amide bonds. The Morgan fingerprint density at radius 3 is 2.19 bits per heavy atom. The van der Waals surface area contributed by atoms with Gasteiger partial charge in [0.15, 0.2) is 17.6 Å². The zero-order valence-electron chi connectivity index (χ0n) is 27.5. The van der Waals surface area contributed by atoms with Crippen LogP contribution in [0.5, 0.6) is 5.06 Å². The molecule has 11 nitrogen and oxygen atoms in total. The number of nitrogens with zero attached hydrogens (tertiary/aromatic N) is 3. The molecule has 4 aromatic rings. The fraction of sp³-hybridized carbons (Fsp3) is 0.303. The standard InChI is InChI=1S/C33H37N7O4S4/c1-17-13-23(14-22(15-34)32(42)38-11-12-40-44-16-25(41)37-9-10-39-33(35)36)45-27(17)29-20(4)21(5)31(48-29)30-19(3)18(2)28(47-30)24-7-8-26(43-6)46-24/h7-8,12-14H,9-11,16H2,1-6H3,(H,37,41)(H,38,42)(H4,35,36,39)/b22-14+,40-12+. The van der Waals surface area contributed by atoms with E-state index in [4.69, 9.17) is 21.0 Å². The Kier molecular flexibility index (Phi) is 12.5. The van der Waals surface area contributed by atoms with Gasteiger partial charge in [-0.1, -0.05) is 16.5 Å². The van der Waals surface area contributed by atoms with Gasteiger partial charge in [-0.05, 0) is 86.7 Å². The molecule has 0 saturated heterocycles. The van der Waals surface area contributed by atoms with Crippen LogP contribution in [0, 0.1) is 45.9 Å². The van der Waals surface area contributed by atoms with Crippen LogP contribution in [0.2, 0.25) is 0 Å². The van der Waals surface area contributed by atoms with Crippen LogP contribution in [0.15, 0.2) is 33.9 Å². The van der Waals surface area contributed by atoms with Gasteiger partial charge in [-0.2, -0.15) is 5.26 Å². The van der Waals surface area contributed by atoms with E-state index in [0.29, 0.717) is 0 Å². The van der Waals surface area contributed by atoms with Crippen molar-refractivity contribution in [2.24, 2.45) is 21.6 Å². The van der Waals surface area contributed by atoms with E-state index in [1.54, 1.807) is 47.2 Å². The maximum atomic E-state index is 12.7. The molecule has 4 aromatic heterocycles. The van der Waals surface area contributed by atoms with E-state index >= 15 is 0 Å². The Morgan fingerprint density at radius 2 is 1.56 bits per heavy atom. The summed E-state index contributed by atoms with van der Waals surface area (Å²) in [4.78, 5) is 41.2. The molecule has 0 bridgehead atoms. The van der Waals surface area contributed by atoms with Gasteiger partial charge in [0, 0.05) is 40.7 Å². The van der Waals surface area contributed by atoms with Crippen LogP contribution in [0.25, 0.3) is 35.3 Å². The summed E-state index contributed by atoms with van der Waals surface area (Å²) in [5, 5.41) is 19.5. The van der Waals surface area contributed by atoms with Crippen molar-refractivity contribution in [2.45, 2.75) is 34.6 Å². The predicted octanol–water partition coefficient (Wildman–Crippen LogP) is 5.90. The minimum absolute atomic E-state index is 0.0124. The lowest BCUT2D eigenvalue weighted by molar-refractivity contribution is -0.125. The number of nitrogens with two attached hydrogens (primary N) is 2. The average Bonchev–Trinajstić information content (AvgIpc) is 3.82. The van der Waals surface area contributed by atoms with Crippen LogP contribution in [0.4, 0.5) is 0 Å². The summed E-state index contributed by atoms with van der Waals surface area (Å²) in [5.41, 5.74) is 16.5. The molecule has 0 unspecified atom stereocenters. The molecule has 0 aromatic carbocycles. The molecule has 0 aliphatic carbocycles. The van der Waals surface area contributed by atoms with Crippen LogP contribution in [-0.2, 0) is 14.4 Å². The fourth-order valence-electron chi connectivity index (χ4n) is 4.57. The van der Waals surface area contributed by atoms with Crippen molar-refractivity contribution in [3.05, 3.63) is 56.5 Å². The molecule has 0 aliphatic heterocycles. The molecule has 48 heavy (non-hydrogen) atoms. The number of aryl methyl sites for hydroxylation is 1. The number of guanidine groups is 1. The highest BCUT2D eigenvalue weighted by molar-refractivity contribution is 7.29. The second-order valence-electron chi connectivity index (χ2n) is 10.6. The molecule has 4 heterocycles. The van der Waals surface area contributed by atoms with Crippen LogP contribution in [0.1, 0.15) is 32.7 Å². The molecule has 15 heteroatoms. The molecule has 0 saturated carbocycles. The van der Waals surface area contributed by atoms with Crippen molar-refractivity contribution < 1.29 is 19.2 Å². The number of methoxy groups -OCH3 is 1. The highest BCUT2D eigenvalue weighted by Crippen LogP contribution is 2.51. The van der Waals surface area contributed by atoms with Crippen molar-refractivity contribution in [3.8, 4) is 40.4 Å². The Bertz CT molecular complexity index is 1930. The van der Waals surface area contributed by atoms with E-state index in [-0.39, 0.29) is 37.8 Å². The molecule has 0 spiro atoms. The lowest BCUT2D eigenvalue weighted by Crippen LogP contribution is -2.31. The number of carbonyl (C=O) groups is 2. The average molecular weight is 724 g/mol. The zero-order chi connectivity index (χ0) is 35.0. The van der Waals surface area contributed by atoms with E-state index in [1.807, 2.05) is 36.5 Å². The third-order valence-electron chi connectivity index (χ3n) is 7.33. The summed E-state index contributed by atoms with van der Waals surface area (Å²) in [6.45, 7) is 11.0. The van der Waals surface area contributed by atoms with Gasteiger partial charge < -0.3 is 31.7 Å². The summed E-state index contributed by atoms with van der Waals surface area (Å²) in [7, 11) is 1.69. The first kappa shape index (κ1) is 36.3. The van der Waals surface area contributed by atoms with Gasteiger partial charge >= 0.3 is 0 Å². The van der Waals surface area contributed by atoms with E-state index < -0.39 is 11.8 Å². The Morgan fingerprint density at radius 1 is 0.917 bits per heavy atom. The lowest BCUT2D eigenvalue weighted by atomic mass is 10.1. The van der Waals surface area contributed by atoms with Gasteiger partial charge in [0.25, 0.3) is 11.8 Å². The topological polar surface area (TPSA) is 177 Å². The molecule has 6 N–H and O–H groups in total. The van der Waals surface area contributed by atoms with Gasteiger partial charge in [-0.15, -0.1) is 34.0 Å². The summed E-state index contributed by atoms with van der Waals surface area (Å²) in [6, 6.07) is 8.13. The number of carbonyl (C=O) groups excluding carboxylic acids is 2. The molecular formula is C33H37N7O4S4. The lowest BCUT2D eigenvalue weighted by Gasteiger charge is -2.02. The molecule has 0 fully saturated rings. The largest absolute Gasteiger partial charge is 0.487 e. The second kappa shape index (κ2) is 16.6. The number of hydrogen-bond acceptors (Lipinski definition) is 11. The van der Waals surface area contributed by atoms with Crippen LogP contribution in [-0.4, -0.2) is 57.3 Å². The second-order valence-corrected chi connectivity index (χ2v) is 14.8. The molecule has 0 atom stereocenters. The number of nitriles is 1. The number of thiophene rings is 4. The predicted molar refractivity (Wildman–Crippen MR) is 199 cm³/mol. The van der Waals surface area contributed by atoms with Gasteiger partial charge in [0.1, 0.15) is 11.6 Å². The van der Waals surface area contributed by atoms with E-state index in [1.165, 1.54) is 52.9 Å². The third-order valence-corrected chi connectivity index (χ3v) is 12.9.